The molecule has 0 aliphatic heterocycles. The van der Waals surface area contributed by atoms with E-state index in [1.54, 1.807) is 12.1 Å². The van der Waals surface area contributed by atoms with E-state index >= 15 is 0 Å². The largest absolute Gasteiger partial charge is 0.467 e. The number of amides is 1. The molecule has 1 atom stereocenters. The normalized spacial score (nSPS) is 19.3. The maximum Gasteiger partial charge on any atom is 0.255 e. The van der Waals surface area contributed by atoms with Crippen LogP contribution in [-0.2, 0) is 20.9 Å². The highest BCUT2D eigenvalue weighted by atomic mass is 16.3. The predicted octanol–water partition coefficient (Wildman–Crippen LogP) is 3.55. The first-order chi connectivity index (χ1) is 13.5. The van der Waals surface area contributed by atoms with Gasteiger partial charge < -0.3 is 9.73 Å². The van der Waals surface area contributed by atoms with E-state index in [0.29, 0.717) is 24.2 Å². The smallest absolute Gasteiger partial charge is 0.255 e. The number of benzene rings is 1. The van der Waals surface area contributed by atoms with Gasteiger partial charge in [0, 0.05) is 12.0 Å². The standard InChI is InChI=1S/C23H21NO4/c1-14-7-9-15(10-8-14)21-17-5-2-6-20(25)18(17)12-19(22(21)26)23(27)24-13-16-4-3-11-28-16/h3-4,7-12,21H,2,5-6,13H2,1H3,(H,24,27). The van der Waals surface area contributed by atoms with Crippen molar-refractivity contribution in [1.29, 1.82) is 0 Å². The lowest BCUT2D eigenvalue weighted by molar-refractivity contribution is -0.123. The van der Waals surface area contributed by atoms with E-state index in [1.165, 1.54) is 12.3 Å². The van der Waals surface area contributed by atoms with Crippen molar-refractivity contribution in [3.05, 3.63) is 82.3 Å². The van der Waals surface area contributed by atoms with E-state index in [9.17, 15) is 14.4 Å². The maximum absolute atomic E-state index is 13.3. The van der Waals surface area contributed by atoms with E-state index in [1.807, 2.05) is 31.2 Å². The summed E-state index contributed by atoms with van der Waals surface area (Å²) in [5.74, 6) is -0.713. The molecule has 1 heterocycles. The molecule has 0 saturated carbocycles. The van der Waals surface area contributed by atoms with Gasteiger partial charge in [-0.25, -0.2) is 0 Å². The SMILES string of the molecule is Cc1ccc(C2C(=O)C(C(=O)NCc3ccco3)=CC3=C2CCCC3=O)cc1. The molecule has 5 heteroatoms. The number of nitrogens with one attached hydrogen (secondary N) is 1. The summed E-state index contributed by atoms with van der Waals surface area (Å²) in [6.45, 7) is 2.17. The number of carbonyl (C=O) groups is 3. The number of hydrogen-bond donors (Lipinski definition) is 1. The minimum Gasteiger partial charge on any atom is -0.467 e. The zero-order valence-corrected chi connectivity index (χ0v) is 15.7. The van der Waals surface area contributed by atoms with Gasteiger partial charge in [0.2, 0.25) is 0 Å². The number of hydrogen-bond acceptors (Lipinski definition) is 4. The Hall–Kier alpha value is -3.21. The van der Waals surface area contributed by atoms with Crippen molar-refractivity contribution in [2.24, 2.45) is 0 Å². The zero-order valence-electron chi connectivity index (χ0n) is 15.7. The summed E-state index contributed by atoms with van der Waals surface area (Å²) in [6.07, 6.45) is 4.90. The molecule has 1 aromatic carbocycles. The molecule has 0 fully saturated rings. The second kappa shape index (κ2) is 7.43. The van der Waals surface area contributed by atoms with E-state index in [4.69, 9.17) is 4.42 Å². The van der Waals surface area contributed by atoms with Gasteiger partial charge >= 0.3 is 0 Å². The van der Waals surface area contributed by atoms with Crippen LogP contribution in [0.5, 0.6) is 0 Å². The molecule has 0 spiro atoms. The summed E-state index contributed by atoms with van der Waals surface area (Å²) in [5.41, 5.74) is 3.31. The average molecular weight is 375 g/mol. The Kier molecular flexibility index (Phi) is 4.82. The quantitative estimate of drug-likeness (QED) is 0.829. The van der Waals surface area contributed by atoms with E-state index in [2.05, 4.69) is 5.32 Å². The molecule has 1 amide bonds. The van der Waals surface area contributed by atoms with Crippen LogP contribution in [0.3, 0.4) is 0 Å². The highest BCUT2D eigenvalue weighted by molar-refractivity contribution is 6.25. The van der Waals surface area contributed by atoms with Crippen molar-refractivity contribution < 1.29 is 18.8 Å². The van der Waals surface area contributed by atoms with Crippen LogP contribution in [0.15, 0.2) is 69.9 Å². The fourth-order valence-electron chi connectivity index (χ4n) is 3.85. The topological polar surface area (TPSA) is 76.4 Å². The lowest BCUT2D eigenvalue weighted by atomic mass is 9.72. The second-order valence-electron chi connectivity index (χ2n) is 7.24. The Bertz CT molecular complexity index is 994. The fourth-order valence-corrected chi connectivity index (χ4v) is 3.85. The lowest BCUT2D eigenvalue weighted by Gasteiger charge is -2.29. The molecule has 28 heavy (non-hydrogen) atoms. The van der Waals surface area contributed by atoms with Crippen molar-refractivity contribution >= 4 is 17.5 Å². The molecule has 0 bridgehead atoms. The zero-order chi connectivity index (χ0) is 19.7. The number of Topliss-reactive ketones (excluding diaryl/α,β-unsaturated/α-hetero) is 2. The third kappa shape index (κ3) is 3.36. The Morgan fingerprint density at radius 2 is 1.93 bits per heavy atom. The van der Waals surface area contributed by atoms with Crippen LogP contribution < -0.4 is 5.32 Å². The van der Waals surface area contributed by atoms with Crippen LogP contribution in [0.2, 0.25) is 0 Å². The monoisotopic (exact) mass is 375 g/mol. The molecule has 142 valence electrons. The predicted molar refractivity (Wildman–Crippen MR) is 103 cm³/mol. The first-order valence-corrected chi connectivity index (χ1v) is 9.44. The van der Waals surface area contributed by atoms with E-state index < -0.39 is 11.8 Å². The summed E-state index contributed by atoms with van der Waals surface area (Å²) >= 11 is 0. The van der Waals surface area contributed by atoms with Gasteiger partial charge in [0.05, 0.1) is 24.3 Å². The molecule has 1 unspecified atom stereocenters. The molecule has 0 radical (unpaired) electrons. The second-order valence-corrected chi connectivity index (χ2v) is 7.24. The van der Waals surface area contributed by atoms with Gasteiger partial charge in [-0.1, -0.05) is 29.8 Å². The van der Waals surface area contributed by atoms with Crippen molar-refractivity contribution in [2.75, 3.05) is 0 Å². The molecule has 1 N–H and O–H groups in total. The Balaban J connectivity index is 1.69. The summed E-state index contributed by atoms with van der Waals surface area (Å²) in [6, 6.07) is 11.2. The highest BCUT2D eigenvalue weighted by Crippen LogP contribution is 2.40. The molecular formula is C23H21NO4. The average Bonchev–Trinajstić information content (AvgIpc) is 3.21. The molecule has 4 rings (SSSR count). The first-order valence-electron chi connectivity index (χ1n) is 9.44. The van der Waals surface area contributed by atoms with Gasteiger partial charge in [0.15, 0.2) is 11.6 Å². The van der Waals surface area contributed by atoms with Crippen LogP contribution in [0, 0.1) is 6.92 Å². The first kappa shape index (κ1) is 18.2. The van der Waals surface area contributed by atoms with Gasteiger partial charge in [0.25, 0.3) is 5.91 Å². The molecule has 2 aliphatic carbocycles. The number of furan rings is 1. The third-order valence-electron chi connectivity index (χ3n) is 5.32. The molecule has 2 aliphatic rings. The maximum atomic E-state index is 13.3. The molecule has 5 nitrogen and oxygen atoms in total. The van der Waals surface area contributed by atoms with Gasteiger partial charge in [-0.3, -0.25) is 14.4 Å². The molecule has 0 saturated heterocycles. The molecule has 2 aromatic rings. The summed E-state index contributed by atoms with van der Waals surface area (Å²) < 4.78 is 5.22. The van der Waals surface area contributed by atoms with Gasteiger partial charge in [-0.2, -0.15) is 0 Å². The summed E-state index contributed by atoms with van der Waals surface area (Å²) in [7, 11) is 0. The van der Waals surface area contributed by atoms with Crippen LogP contribution in [0.1, 0.15) is 42.1 Å². The Morgan fingerprint density at radius 3 is 2.64 bits per heavy atom. The minimum absolute atomic E-state index is 0.00203. The van der Waals surface area contributed by atoms with Gasteiger partial charge in [-0.15, -0.1) is 0 Å². The highest BCUT2D eigenvalue weighted by Gasteiger charge is 2.38. The Labute approximate surface area is 163 Å². The summed E-state index contributed by atoms with van der Waals surface area (Å²) in [5, 5.41) is 2.72. The van der Waals surface area contributed by atoms with Crippen molar-refractivity contribution in [3.63, 3.8) is 0 Å². The number of rotatable bonds is 4. The third-order valence-corrected chi connectivity index (χ3v) is 5.32. The fraction of sp³-hybridized carbons (Fsp3) is 0.261. The van der Waals surface area contributed by atoms with E-state index in [-0.39, 0.29) is 23.7 Å². The molecular weight excluding hydrogens is 354 g/mol. The van der Waals surface area contributed by atoms with Crippen LogP contribution in [-0.4, -0.2) is 17.5 Å². The van der Waals surface area contributed by atoms with Crippen molar-refractivity contribution in [1.82, 2.24) is 5.32 Å². The number of allylic oxidation sites excluding steroid dienone is 3. The van der Waals surface area contributed by atoms with Crippen LogP contribution >= 0.6 is 0 Å². The van der Waals surface area contributed by atoms with Gasteiger partial charge in [0.1, 0.15) is 5.76 Å². The van der Waals surface area contributed by atoms with Gasteiger partial charge in [-0.05, 0) is 49.1 Å². The van der Waals surface area contributed by atoms with Crippen molar-refractivity contribution in [3.8, 4) is 0 Å². The minimum atomic E-state index is -0.575. The van der Waals surface area contributed by atoms with E-state index in [0.717, 1.165) is 23.1 Å². The number of ketones is 2. The number of carbonyl (C=O) groups excluding carboxylic acids is 3. The number of aryl methyl sites for hydroxylation is 1. The van der Waals surface area contributed by atoms with Crippen molar-refractivity contribution in [2.45, 2.75) is 38.6 Å². The Morgan fingerprint density at radius 1 is 1.14 bits per heavy atom. The van der Waals surface area contributed by atoms with Crippen LogP contribution in [0.4, 0.5) is 0 Å². The summed E-state index contributed by atoms with van der Waals surface area (Å²) in [4.78, 5) is 38.5. The van der Waals surface area contributed by atoms with Crippen LogP contribution in [0.25, 0.3) is 0 Å². The molecule has 1 aromatic heterocycles. The lowest BCUT2D eigenvalue weighted by Crippen LogP contribution is -2.34.